The van der Waals surface area contributed by atoms with Gasteiger partial charge in [0.05, 0.1) is 28.8 Å². The molecule has 0 unspecified atom stereocenters. The molecule has 3 aromatic rings. The van der Waals surface area contributed by atoms with Crippen molar-refractivity contribution in [3.63, 3.8) is 0 Å². The van der Waals surface area contributed by atoms with E-state index in [2.05, 4.69) is 20.0 Å². The minimum Gasteiger partial charge on any atom is -0.404 e. The van der Waals surface area contributed by atoms with Gasteiger partial charge >= 0.3 is 6.36 Å². The third-order valence-corrected chi connectivity index (χ3v) is 4.93. The van der Waals surface area contributed by atoms with Gasteiger partial charge in [0, 0.05) is 18.8 Å². The van der Waals surface area contributed by atoms with Crippen molar-refractivity contribution in [3.05, 3.63) is 48.5 Å². The van der Waals surface area contributed by atoms with E-state index in [4.69, 9.17) is 5.14 Å². The quantitative estimate of drug-likeness (QED) is 0.647. The summed E-state index contributed by atoms with van der Waals surface area (Å²) < 4.78 is 66.7. The Balaban J connectivity index is 2.06. The first-order chi connectivity index (χ1) is 13.4. The molecule has 1 aromatic carbocycles. The van der Waals surface area contributed by atoms with Gasteiger partial charge in [0.25, 0.3) is 0 Å². The SMILES string of the molecule is Cc1ccc(Nc2ccc(OC(F)(F)F)cn2)c(-c2cn(C)cn2)c1S(N)(=O)=O. The van der Waals surface area contributed by atoms with E-state index >= 15 is 0 Å². The summed E-state index contributed by atoms with van der Waals surface area (Å²) in [5.74, 6) is -0.317. The van der Waals surface area contributed by atoms with Gasteiger partial charge < -0.3 is 14.6 Å². The van der Waals surface area contributed by atoms with Crippen LogP contribution in [0.15, 0.2) is 47.9 Å². The Kier molecular flexibility index (Phi) is 5.24. The molecule has 2 aromatic heterocycles. The number of hydrogen-bond acceptors (Lipinski definition) is 6. The van der Waals surface area contributed by atoms with Crippen molar-refractivity contribution in [1.29, 1.82) is 0 Å². The van der Waals surface area contributed by atoms with E-state index in [0.29, 0.717) is 16.9 Å². The molecule has 0 aliphatic rings. The Hall–Kier alpha value is -3.12. The average Bonchev–Trinajstić information content (AvgIpc) is 3.01. The number of nitrogens with zero attached hydrogens (tertiary/aromatic N) is 3. The van der Waals surface area contributed by atoms with Crippen molar-refractivity contribution in [2.45, 2.75) is 18.2 Å². The van der Waals surface area contributed by atoms with Crippen LogP contribution in [0.3, 0.4) is 0 Å². The smallest absolute Gasteiger partial charge is 0.404 e. The Morgan fingerprint density at radius 3 is 2.41 bits per heavy atom. The zero-order valence-corrected chi connectivity index (χ0v) is 16.0. The number of sulfonamides is 1. The lowest BCUT2D eigenvalue weighted by Crippen LogP contribution is -2.17. The minimum atomic E-state index is -4.83. The van der Waals surface area contributed by atoms with E-state index in [1.807, 2.05) is 0 Å². The Labute approximate surface area is 164 Å². The Morgan fingerprint density at radius 2 is 1.90 bits per heavy atom. The van der Waals surface area contributed by atoms with Crippen LogP contribution in [0.2, 0.25) is 0 Å². The molecule has 0 saturated carbocycles. The van der Waals surface area contributed by atoms with Gasteiger partial charge in [-0.05, 0) is 30.7 Å². The number of nitrogens with one attached hydrogen (secondary N) is 1. The molecule has 154 valence electrons. The summed E-state index contributed by atoms with van der Waals surface area (Å²) >= 11 is 0. The summed E-state index contributed by atoms with van der Waals surface area (Å²) in [5, 5.41) is 8.31. The van der Waals surface area contributed by atoms with Gasteiger partial charge in [-0.25, -0.2) is 23.5 Å². The predicted octanol–water partition coefficient (Wildman–Crippen LogP) is 3.08. The number of benzene rings is 1. The number of aromatic nitrogens is 3. The number of imidazole rings is 1. The maximum absolute atomic E-state index is 12.3. The Morgan fingerprint density at radius 1 is 1.17 bits per heavy atom. The standard InChI is InChI=1S/C17H16F3N5O3S/c1-10-3-5-12(24-14-6-4-11(7-22-14)28-17(18,19)20)15(16(10)29(21,26)27)13-8-25(2)9-23-13/h3-9H,1-2H3,(H,22,24)(H2,21,26,27). The molecule has 3 N–H and O–H groups in total. The topological polar surface area (TPSA) is 112 Å². The first-order valence-electron chi connectivity index (χ1n) is 8.07. The molecule has 0 amide bonds. The fraction of sp³-hybridized carbons (Fsp3) is 0.176. The first-order valence-corrected chi connectivity index (χ1v) is 9.62. The van der Waals surface area contributed by atoms with Gasteiger partial charge in [-0.2, -0.15) is 0 Å². The molecular formula is C17H16F3N5O3S. The highest BCUT2D eigenvalue weighted by Gasteiger charge is 2.31. The number of halogens is 3. The van der Waals surface area contributed by atoms with Crippen LogP contribution in [-0.2, 0) is 17.1 Å². The van der Waals surface area contributed by atoms with Crippen molar-refractivity contribution in [1.82, 2.24) is 14.5 Å². The molecular weight excluding hydrogens is 411 g/mol. The van der Waals surface area contributed by atoms with Crippen LogP contribution in [0, 0.1) is 6.92 Å². The van der Waals surface area contributed by atoms with E-state index in [1.165, 1.54) is 12.4 Å². The summed E-state index contributed by atoms with van der Waals surface area (Å²) in [7, 11) is -2.38. The zero-order chi connectivity index (χ0) is 21.4. The molecule has 0 saturated heterocycles. The lowest BCUT2D eigenvalue weighted by atomic mass is 10.1. The Bertz CT molecular complexity index is 1140. The van der Waals surface area contributed by atoms with E-state index in [-0.39, 0.29) is 16.3 Å². The van der Waals surface area contributed by atoms with Crippen molar-refractivity contribution in [2.75, 3.05) is 5.32 Å². The summed E-state index contributed by atoms with van der Waals surface area (Å²) in [5.41, 5.74) is 1.31. The molecule has 12 heteroatoms. The fourth-order valence-electron chi connectivity index (χ4n) is 2.74. The number of pyridine rings is 1. The number of aryl methyl sites for hydroxylation is 2. The second-order valence-electron chi connectivity index (χ2n) is 6.16. The highest BCUT2D eigenvalue weighted by molar-refractivity contribution is 7.89. The molecule has 29 heavy (non-hydrogen) atoms. The summed E-state index contributed by atoms with van der Waals surface area (Å²) in [6.45, 7) is 1.59. The zero-order valence-electron chi connectivity index (χ0n) is 15.2. The third-order valence-electron chi connectivity index (χ3n) is 3.83. The van der Waals surface area contributed by atoms with E-state index in [0.717, 1.165) is 12.3 Å². The van der Waals surface area contributed by atoms with Gasteiger partial charge in [0.1, 0.15) is 11.6 Å². The number of primary sulfonamides is 1. The second kappa shape index (κ2) is 7.37. The second-order valence-corrected chi connectivity index (χ2v) is 7.65. The summed E-state index contributed by atoms with van der Waals surface area (Å²) in [6.07, 6.45) is -0.826. The van der Waals surface area contributed by atoms with E-state index < -0.39 is 22.1 Å². The number of anilines is 2. The maximum Gasteiger partial charge on any atom is 0.573 e. The largest absolute Gasteiger partial charge is 0.573 e. The lowest BCUT2D eigenvalue weighted by Gasteiger charge is -2.16. The summed E-state index contributed by atoms with van der Waals surface area (Å²) in [4.78, 5) is 7.95. The van der Waals surface area contributed by atoms with Crippen LogP contribution < -0.4 is 15.2 Å². The van der Waals surface area contributed by atoms with Gasteiger partial charge in [0.2, 0.25) is 10.0 Å². The molecule has 0 atom stereocenters. The van der Waals surface area contributed by atoms with Gasteiger partial charge in [0.15, 0.2) is 0 Å². The maximum atomic E-state index is 12.3. The van der Waals surface area contributed by atoms with Crippen molar-refractivity contribution in [2.24, 2.45) is 12.2 Å². The van der Waals surface area contributed by atoms with Crippen LogP contribution in [0.25, 0.3) is 11.3 Å². The number of rotatable bonds is 5. The van der Waals surface area contributed by atoms with Crippen molar-refractivity contribution in [3.8, 4) is 17.0 Å². The van der Waals surface area contributed by atoms with Crippen molar-refractivity contribution >= 4 is 21.5 Å². The van der Waals surface area contributed by atoms with Crippen LogP contribution >= 0.6 is 0 Å². The number of nitrogens with two attached hydrogens (primary N) is 1. The van der Waals surface area contributed by atoms with Crippen molar-refractivity contribution < 1.29 is 26.3 Å². The molecule has 0 fully saturated rings. The fourth-order valence-corrected chi connectivity index (χ4v) is 3.76. The van der Waals surface area contributed by atoms with Crippen LogP contribution in [0.1, 0.15) is 5.56 Å². The van der Waals surface area contributed by atoms with Crippen LogP contribution in [0.4, 0.5) is 24.7 Å². The van der Waals surface area contributed by atoms with Crippen LogP contribution in [-0.4, -0.2) is 29.3 Å². The van der Waals surface area contributed by atoms with E-state index in [1.54, 1.807) is 36.9 Å². The normalized spacial score (nSPS) is 12.1. The van der Waals surface area contributed by atoms with Gasteiger partial charge in [-0.3, -0.25) is 0 Å². The molecule has 0 bridgehead atoms. The number of ether oxygens (including phenoxy) is 1. The summed E-state index contributed by atoms with van der Waals surface area (Å²) in [6, 6.07) is 5.50. The lowest BCUT2D eigenvalue weighted by molar-refractivity contribution is -0.274. The molecule has 0 radical (unpaired) electrons. The molecule has 0 aliphatic heterocycles. The molecule has 2 heterocycles. The number of hydrogen-bond donors (Lipinski definition) is 2. The highest BCUT2D eigenvalue weighted by atomic mass is 32.2. The third kappa shape index (κ3) is 4.84. The predicted molar refractivity (Wildman–Crippen MR) is 99.0 cm³/mol. The monoisotopic (exact) mass is 427 g/mol. The highest BCUT2D eigenvalue weighted by Crippen LogP contribution is 2.36. The first kappa shape index (κ1) is 20.6. The molecule has 0 spiro atoms. The molecule has 8 nitrogen and oxygen atoms in total. The average molecular weight is 427 g/mol. The number of alkyl halides is 3. The van der Waals surface area contributed by atoms with E-state index in [9.17, 15) is 21.6 Å². The van der Waals surface area contributed by atoms with Crippen LogP contribution in [0.5, 0.6) is 5.75 Å². The molecule has 3 rings (SSSR count). The minimum absolute atomic E-state index is 0.113. The molecule has 0 aliphatic carbocycles. The van der Waals surface area contributed by atoms with Gasteiger partial charge in [-0.1, -0.05) is 6.07 Å². The van der Waals surface area contributed by atoms with Gasteiger partial charge in [-0.15, -0.1) is 13.2 Å².